The molecule has 5 heteroatoms. The van der Waals surface area contributed by atoms with Gasteiger partial charge in [-0.2, -0.15) is 0 Å². The van der Waals surface area contributed by atoms with Crippen LogP contribution in [0.2, 0.25) is 0 Å². The molecule has 1 amide bonds. The number of nitrogens with zero attached hydrogens (tertiary/aromatic N) is 2. The molecule has 0 bridgehead atoms. The normalized spacial score (nSPS) is 17.5. The Morgan fingerprint density at radius 3 is 2.91 bits per heavy atom. The largest absolute Gasteiger partial charge is 0.472 e. The predicted octanol–water partition coefficient (Wildman–Crippen LogP) is 2.82. The van der Waals surface area contributed by atoms with Crippen molar-refractivity contribution in [2.75, 3.05) is 13.1 Å². The van der Waals surface area contributed by atoms with Crippen LogP contribution in [-0.2, 0) is 0 Å². The Bertz CT molecular complexity index is 690. The highest BCUT2D eigenvalue weighted by molar-refractivity contribution is 5.94. The molecule has 1 saturated heterocycles. The number of hydrogen-bond donors (Lipinski definition) is 0. The fourth-order valence-corrected chi connectivity index (χ4v) is 2.57. The summed E-state index contributed by atoms with van der Waals surface area (Å²) in [5, 5.41) is 0. The first kappa shape index (κ1) is 14.5. The number of amides is 1. The van der Waals surface area contributed by atoms with Crippen molar-refractivity contribution in [3.8, 4) is 5.88 Å². The lowest BCUT2D eigenvalue weighted by molar-refractivity contribution is 0.0770. The van der Waals surface area contributed by atoms with E-state index in [-0.39, 0.29) is 12.0 Å². The van der Waals surface area contributed by atoms with Gasteiger partial charge in [-0.15, -0.1) is 0 Å². The van der Waals surface area contributed by atoms with Crippen molar-refractivity contribution >= 4 is 5.91 Å². The minimum Gasteiger partial charge on any atom is -0.472 e. The van der Waals surface area contributed by atoms with Crippen LogP contribution in [0.1, 0.15) is 22.5 Å². The van der Waals surface area contributed by atoms with E-state index in [1.165, 1.54) is 12.1 Å². The number of ether oxygens (including phenoxy) is 1. The van der Waals surface area contributed by atoms with E-state index in [2.05, 4.69) is 4.98 Å². The number of aromatic nitrogens is 1. The average Bonchev–Trinajstić information content (AvgIpc) is 2.95. The van der Waals surface area contributed by atoms with Crippen molar-refractivity contribution in [1.29, 1.82) is 0 Å². The zero-order valence-corrected chi connectivity index (χ0v) is 12.3. The van der Waals surface area contributed by atoms with Crippen LogP contribution in [0, 0.1) is 12.7 Å². The number of likely N-dealkylation sites (tertiary alicyclic amines) is 1. The molecule has 1 fully saturated rings. The van der Waals surface area contributed by atoms with Crippen molar-refractivity contribution in [3.63, 3.8) is 0 Å². The van der Waals surface area contributed by atoms with Gasteiger partial charge in [-0.25, -0.2) is 9.37 Å². The molecule has 1 atom stereocenters. The molecule has 0 saturated carbocycles. The Morgan fingerprint density at radius 2 is 2.14 bits per heavy atom. The predicted molar refractivity (Wildman–Crippen MR) is 80.3 cm³/mol. The zero-order chi connectivity index (χ0) is 15.5. The molecular formula is C17H17FN2O2. The fraction of sp³-hybridized carbons (Fsp3) is 0.294. The van der Waals surface area contributed by atoms with E-state index in [4.69, 9.17) is 4.74 Å². The number of aryl methyl sites for hydroxylation is 1. The smallest absolute Gasteiger partial charge is 0.254 e. The lowest BCUT2D eigenvalue weighted by Gasteiger charge is -2.17. The topological polar surface area (TPSA) is 42.4 Å². The molecule has 114 valence electrons. The maximum Gasteiger partial charge on any atom is 0.254 e. The Hall–Kier alpha value is -2.43. The molecule has 0 spiro atoms. The van der Waals surface area contributed by atoms with E-state index in [1.54, 1.807) is 17.0 Å². The van der Waals surface area contributed by atoms with E-state index in [9.17, 15) is 9.18 Å². The number of halogens is 1. The lowest BCUT2D eigenvalue weighted by Crippen LogP contribution is -2.31. The molecular weight excluding hydrogens is 283 g/mol. The fourth-order valence-electron chi connectivity index (χ4n) is 2.57. The minimum atomic E-state index is -0.401. The second kappa shape index (κ2) is 6.13. The molecule has 4 nitrogen and oxygen atoms in total. The number of rotatable bonds is 3. The van der Waals surface area contributed by atoms with Gasteiger partial charge in [0.25, 0.3) is 5.91 Å². The third-order valence-electron chi connectivity index (χ3n) is 3.65. The number of hydrogen-bond acceptors (Lipinski definition) is 3. The van der Waals surface area contributed by atoms with Crippen LogP contribution in [0.3, 0.4) is 0 Å². The average molecular weight is 300 g/mol. The summed E-state index contributed by atoms with van der Waals surface area (Å²) in [6.07, 6.45) is 0.670. The zero-order valence-electron chi connectivity index (χ0n) is 12.3. The second-order valence-corrected chi connectivity index (χ2v) is 5.41. The van der Waals surface area contributed by atoms with Crippen molar-refractivity contribution in [3.05, 3.63) is 59.5 Å². The summed E-state index contributed by atoms with van der Waals surface area (Å²) in [5.41, 5.74) is 1.26. The maximum atomic E-state index is 13.2. The summed E-state index contributed by atoms with van der Waals surface area (Å²) in [5.74, 6) is 0.00895. The molecule has 2 aromatic rings. The third-order valence-corrected chi connectivity index (χ3v) is 3.65. The molecule has 1 aliphatic rings. The molecule has 0 aliphatic carbocycles. The van der Waals surface area contributed by atoms with Gasteiger partial charge in [-0.3, -0.25) is 4.79 Å². The quantitative estimate of drug-likeness (QED) is 0.875. The molecule has 1 aliphatic heterocycles. The Morgan fingerprint density at radius 1 is 1.32 bits per heavy atom. The van der Waals surface area contributed by atoms with Crippen molar-refractivity contribution in [2.24, 2.45) is 0 Å². The number of carbonyl (C=O) groups is 1. The Kier molecular flexibility index (Phi) is 4.04. The molecule has 3 rings (SSSR count). The van der Waals surface area contributed by atoms with Crippen molar-refractivity contribution < 1.29 is 13.9 Å². The van der Waals surface area contributed by atoms with Gasteiger partial charge in [0.2, 0.25) is 5.88 Å². The van der Waals surface area contributed by atoms with Gasteiger partial charge in [-0.05, 0) is 31.2 Å². The highest BCUT2D eigenvalue weighted by atomic mass is 19.1. The van der Waals surface area contributed by atoms with Gasteiger partial charge in [-0.1, -0.05) is 12.1 Å². The monoisotopic (exact) mass is 300 g/mol. The highest BCUT2D eigenvalue weighted by Crippen LogP contribution is 2.19. The summed E-state index contributed by atoms with van der Waals surface area (Å²) in [6, 6.07) is 11.4. The standard InChI is InChI=1S/C17H17FN2O2/c1-12-4-2-7-16(19-12)22-15-8-9-20(11-15)17(21)13-5-3-6-14(18)10-13/h2-7,10,15H,8-9,11H2,1H3. The van der Waals surface area contributed by atoms with Gasteiger partial charge in [0.05, 0.1) is 6.54 Å². The van der Waals surface area contributed by atoms with Gasteiger partial charge in [0.15, 0.2) is 0 Å². The molecule has 1 aromatic carbocycles. The summed E-state index contributed by atoms with van der Waals surface area (Å²) < 4.78 is 19.0. The van der Waals surface area contributed by atoms with Gasteiger partial charge in [0.1, 0.15) is 11.9 Å². The van der Waals surface area contributed by atoms with Crippen LogP contribution in [0.25, 0.3) is 0 Å². The summed E-state index contributed by atoms with van der Waals surface area (Å²) in [7, 11) is 0. The number of carbonyl (C=O) groups excluding carboxylic acids is 1. The molecule has 2 heterocycles. The van der Waals surface area contributed by atoms with Crippen LogP contribution in [0.15, 0.2) is 42.5 Å². The van der Waals surface area contributed by atoms with E-state index in [0.717, 1.165) is 12.1 Å². The Balaban J connectivity index is 1.63. The third kappa shape index (κ3) is 3.24. The first-order chi connectivity index (χ1) is 10.6. The van der Waals surface area contributed by atoms with Crippen LogP contribution in [0.5, 0.6) is 5.88 Å². The van der Waals surface area contributed by atoms with Crippen molar-refractivity contribution in [1.82, 2.24) is 9.88 Å². The van der Waals surface area contributed by atoms with E-state index in [0.29, 0.717) is 24.5 Å². The van der Waals surface area contributed by atoms with Gasteiger partial charge >= 0.3 is 0 Å². The first-order valence-corrected chi connectivity index (χ1v) is 7.27. The molecule has 0 N–H and O–H groups in total. The minimum absolute atomic E-state index is 0.0770. The SMILES string of the molecule is Cc1cccc(OC2CCN(C(=O)c3cccc(F)c3)C2)n1. The lowest BCUT2D eigenvalue weighted by atomic mass is 10.2. The number of pyridine rings is 1. The Labute approximate surface area is 128 Å². The van der Waals surface area contributed by atoms with Gasteiger partial charge < -0.3 is 9.64 Å². The maximum absolute atomic E-state index is 13.2. The first-order valence-electron chi connectivity index (χ1n) is 7.27. The molecule has 0 radical (unpaired) electrons. The van der Waals surface area contributed by atoms with Crippen LogP contribution in [-0.4, -0.2) is 35.0 Å². The second-order valence-electron chi connectivity index (χ2n) is 5.41. The molecule has 1 unspecified atom stereocenters. The summed E-state index contributed by atoms with van der Waals surface area (Å²) in [6.45, 7) is 3.00. The van der Waals surface area contributed by atoms with Crippen LogP contribution < -0.4 is 4.74 Å². The van der Waals surface area contributed by atoms with Crippen molar-refractivity contribution in [2.45, 2.75) is 19.4 Å². The van der Waals surface area contributed by atoms with Gasteiger partial charge in [0, 0.05) is 30.3 Å². The number of benzene rings is 1. The van der Waals surface area contributed by atoms with E-state index < -0.39 is 5.82 Å². The summed E-state index contributed by atoms with van der Waals surface area (Å²) >= 11 is 0. The van der Waals surface area contributed by atoms with E-state index >= 15 is 0 Å². The highest BCUT2D eigenvalue weighted by Gasteiger charge is 2.28. The molecule has 22 heavy (non-hydrogen) atoms. The molecule has 1 aromatic heterocycles. The summed E-state index contributed by atoms with van der Waals surface area (Å²) in [4.78, 5) is 18.3. The van der Waals surface area contributed by atoms with Crippen LogP contribution >= 0.6 is 0 Å². The van der Waals surface area contributed by atoms with E-state index in [1.807, 2.05) is 25.1 Å². The van der Waals surface area contributed by atoms with Crippen LogP contribution in [0.4, 0.5) is 4.39 Å².